The second kappa shape index (κ2) is 11.3. The number of aromatic nitrogens is 1. The van der Waals surface area contributed by atoms with Crippen molar-refractivity contribution in [3.05, 3.63) is 47.5 Å². The topological polar surface area (TPSA) is 87.9 Å². The molecular formula is C23H25ClN4O4S. The lowest BCUT2D eigenvalue weighted by Crippen LogP contribution is -2.43. The van der Waals surface area contributed by atoms with Crippen molar-refractivity contribution in [3.63, 3.8) is 0 Å². The van der Waals surface area contributed by atoms with Gasteiger partial charge in [0.05, 0.1) is 39.1 Å². The van der Waals surface area contributed by atoms with Crippen molar-refractivity contribution in [2.24, 2.45) is 0 Å². The number of nitriles is 1. The lowest BCUT2D eigenvalue weighted by molar-refractivity contribution is 0.0391. The molecule has 10 heteroatoms. The van der Waals surface area contributed by atoms with E-state index < -0.39 is 0 Å². The number of halogens is 1. The van der Waals surface area contributed by atoms with Gasteiger partial charge in [-0.1, -0.05) is 11.3 Å². The molecule has 1 aliphatic rings. The van der Waals surface area contributed by atoms with Gasteiger partial charge in [-0.2, -0.15) is 5.26 Å². The summed E-state index contributed by atoms with van der Waals surface area (Å²) in [5.74, 6) is 1.14. The van der Waals surface area contributed by atoms with Gasteiger partial charge < -0.3 is 14.2 Å². The van der Waals surface area contributed by atoms with E-state index in [2.05, 4.69) is 11.0 Å². The van der Waals surface area contributed by atoms with Crippen molar-refractivity contribution in [2.75, 3.05) is 58.5 Å². The molecule has 2 heterocycles. The zero-order valence-electron chi connectivity index (χ0n) is 18.4. The Bertz CT molecular complexity index is 1100. The van der Waals surface area contributed by atoms with Gasteiger partial charge in [0.25, 0.3) is 5.91 Å². The molecular weight excluding hydrogens is 464 g/mol. The van der Waals surface area contributed by atoms with Gasteiger partial charge in [-0.3, -0.25) is 14.6 Å². The third kappa shape index (κ3) is 5.37. The normalized spacial score (nSPS) is 13.7. The number of hydrogen-bond donors (Lipinski definition) is 0. The molecule has 0 radical (unpaired) electrons. The Labute approximate surface area is 202 Å². The quantitative estimate of drug-likeness (QED) is 0.502. The van der Waals surface area contributed by atoms with Crippen LogP contribution in [0, 0.1) is 11.3 Å². The highest BCUT2D eigenvalue weighted by atomic mass is 35.5. The maximum Gasteiger partial charge on any atom is 0.260 e. The predicted octanol–water partition coefficient (Wildman–Crippen LogP) is 3.59. The molecule has 1 amide bonds. The molecule has 4 rings (SSSR count). The van der Waals surface area contributed by atoms with Crippen molar-refractivity contribution in [2.45, 2.75) is 0 Å². The predicted molar refractivity (Wildman–Crippen MR) is 130 cm³/mol. The summed E-state index contributed by atoms with van der Waals surface area (Å²) in [6.45, 7) is 4.23. The summed E-state index contributed by atoms with van der Waals surface area (Å²) in [6.07, 6.45) is 0. The number of nitrogens with zero attached hydrogens (tertiary/aromatic N) is 4. The van der Waals surface area contributed by atoms with Crippen molar-refractivity contribution in [1.29, 1.82) is 5.26 Å². The minimum atomic E-state index is -0.167. The van der Waals surface area contributed by atoms with E-state index in [1.165, 1.54) is 11.3 Å². The molecule has 0 N–H and O–H groups in total. The van der Waals surface area contributed by atoms with Crippen molar-refractivity contribution in [1.82, 2.24) is 9.88 Å². The lowest BCUT2D eigenvalue weighted by Gasteiger charge is -2.29. The zero-order valence-corrected chi connectivity index (χ0v) is 20.1. The third-order valence-corrected chi connectivity index (χ3v) is 6.47. The van der Waals surface area contributed by atoms with Crippen molar-refractivity contribution in [3.8, 4) is 17.6 Å². The minimum absolute atomic E-state index is 0. The van der Waals surface area contributed by atoms with E-state index in [9.17, 15) is 4.79 Å². The van der Waals surface area contributed by atoms with E-state index in [1.54, 1.807) is 43.4 Å². The summed E-state index contributed by atoms with van der Waals surface area (Å²) in [6, 6.07) is 12.4. The average molecular weight is 489 g/mol. The number of benzene rings is 2. The van der Waals surface area contributed by atoms with Crippen LogP contribution in [0.25, 0.3) is 10.2 Å². The van der Waals surface area contributed by atoms with Gasteiger partial charge in [-0.05, 0) is 36.4 Å². The molecule has 0 spiro atoms. The maximum absolute atomic E-state index is 13.5. The second-order valence-electron chi connectivity index (χ2n) is 7.24. The number of ether oxygens (including phenoxy) is 3. The standard InChI is InChI=1S/C23H24N4O4S.ClH/c1-29-18-7-8-19(30-2)21-20(18)25-23(32-21)27(10-9-26-11-13-31-14-12-26)22(28)17-5-3-16(15-24)4-6-17;/h3-8H,9-14H2,1-2H3;1H. The number of anilines is 1. The smallest absolute Gasteiger partial charge is 0.260 e. The largest absolute Gasteiger partial charge is 0.495 e. The third-order valence-electron chi connectivity index (χ3n) is 5.38. The number of methoxy groups -OCH3 is 2. The number of carbonyl (C=O) groups excluding carboxylic acids is 1. The molecule has 0 aliphatic carbocycles. The molecule has 1 saturated heterocycles. The zero-order chi connectivity index (χ0) is 22.5. The summed E-state index contributed by atoms with van der Waals surface area (Å²) in [5.41, 5.74) is 1.68. The van der Waals surface area contributed by atoms with Crippen LogP contribution in [0.2, 0.25) is 0 Å². The van der Waals surface area contributed by atoms with Crippen LogP contribution in [0.1, 0.15) is 15.9 Å². The first kappa shape index (κ1) is 24.7. The van der Waals surface area contributed by atoms with Crippen LogP contribution < -0.4 is 14.4 Å². The van der Waals surface area contributed by atoms with Crippen LogP contribution in [0.4, 0.5) is 5.13 Å². The molecule has 1 fully saturated rings. The van der Waals surface area contributed by atoms with Crippen LogP contribution in [-0.2, 0) is 4.74 Å². The Balaban J connectivity index is 0.00000306. The molecule has 2 aromatic carbocycles. The fourth-order valence-electron chi connectivity index (χ4n) is 3.58. The number of fused-ring (bicyclic) bond motifs is 1. The molecule has 3 aromatic rings. The summed E-state index contributed by atoms with van der Waals surface area (Å²) >= 11 is 1.40. The summed E-state index contributed by atoms with van der Waals surface area (Å²) in [7, 11) is 3.21. The molecule has 174 valence electrons. The molecule has 33 heavy (non-hydrogen) atoms. The Kier molecular flexibility index (Phi) is 8.47. The van der Waals surface area contributed by atoms with Crippen LogP contribution >= 0.6 is 23.7 Å². The first-order valence-electron chi connectivity index (χ1n) is 10.3. The van der Waals surface area contributed by atoms with E-state index in [-0.39, 0.29) is 18.3 Å². The number of thiazole rings is 1. The van der Waals surface area contributed by atoms with Gasteiger partial charge in [-0.25, -0.2) is 4.98 Å². The Morgan fingerprint density at radius 1 is 1.15 bits per heavy atom. The van der Waals surface area contributed by atoms with Gasteiger partial charge in [0.2, 0.25) is 0 Å². The van der Waals surface area contributed by atoms with Crippen LogP contribution in [0.15, 0.2) is 36.4 Å². The lowest BCUT2D eigenvalue weighted by atomic mass is 10.1. The van der Waals surface area contributed by atoms with Gasteiger partial charge >= 0.3 is 0 Å². The summed E-state index contributed by atoms with van der Waals surface area (Å²) in [5, 5.41) is 9.64. The van der Waals surface area contributed by atoms with Crippen molar-refractivity contribution >= 4 is 45.0 Å². The number of rotatable bonds is 7. The fraction of sp³-hybridized carbons (Fsp3) is 0.348. The molecule has 0 unspecified atom stereocenters. The minimum Gasteiger partial charge on any atom is -0.495 e. The highest BCUT2D eigenvalue weighted by Gasteiger charge is 2.24. The maximum atomic E-state index is 13.5. The molecule has 1 aliphatic heterocycles. The molecule has 1 aromatic heterocycles. The highest BCUT2D eigenvalue weighted by molar-refractivity contribution is 7.22. The molecule has 0 saturated carbocycles. The van der Waals surface area contributed by atoms with E-state index in [0.29, 0.717) is 59.6 Å². The van der Waals surface area contributed by atoms with Gasteiger partial charge in [0.1, 0.15) is 21.7 Å². The van der Waals surface area contributed by atoms with Crippen LogP contribution in [-0.4, -0.2) is 69.4 Å². The molecule has 0 atom stereocenters. The number of amides is 1. The first-order valence-corrected chi connectivity index (χ1v) is 11.1. The van der Waals surface area contributed by atoms with E-state index >= 15 is 0 Å². The van der Waals surface area contributed by atoms with Crippen LogP contribution in [0.5, 0.6) is 11.5 Å². The van der Waals surface area contributed by atoms with Crippen LogP contribution in [0.3, 0.4) is 0 Å². The second-order valence-corrected chi connectivity index (χ2v) is 8.22. The van der Waals surface area contributed by atoms with Gasteiger partial charge in [0, 0.05) is 31.7 Å². The Morgan fingerprint density at radius 2 is 1.82 bits per heavy atom. The number of carbonyl (C=O) groups is 1. The van der Waals surface area contributed by atoms with E-state index in [4.69, 9.17) is 24.5 Å². The Morgan fingerprint density at radius 3 is 2.45 bits per heavy atom. The Hall–Kier alpha value is -2.90. The SMILES string of the molecule is COc1ccc(OC)c2sc(N(CCN3CCOCC3)C(=O)c3ccc(C#N)cc3)nc12.Cl. The van der Waals surface area contributed by atoms with E-state index in [0.717, 1.165) is 17.8 Å². The molecule has 0 bridgehead atoms. The molecule has 8 nitrogen and oxygen atoms in total. The van der Waals surface area contributed by atoms with Gasteiger partial charge in [0.15, 0.2) is 5.13 Å². The monoisotopic (exact) mass is 488 g/mol. The number of hydrogen-bond acceptors (Lipinski definition) is 8. The summed E-state index contributed by atoms with van der Waals surface area (Å²) < 4.78 is 17.2. The van der Waals surface area contributed by atoms with Crippen molar-refractivity contribution < 1.29 is 19.0 Å². The van der Waals surface area contributed by atoms with E-state index in [1.807, 2.05) is 12.1 Å². The fourth-order valence-corrected chi connectivity index (χ4v) is 4.68. The summed E-state index contributed by atoms with van der Waals surface area (Å²) in [4.78, 5) is 22.2. The van der Waals surface area contributed by atoms with Gasteiger partial charge in [-0.15, -0.1) is 12.4 Å². The highest BCUT2D eigenvalue weighted by Crippen LogP contribution is 2.40. The first-order chi connectivity index (χ1) is 15.6. The average Bonchev–Trinajstić information content (AvgIpc) is 3.29. The number of morpholine rings is 1.